The van der Waals surface area contributed by atoms with E-state index in [1.54, 1.807) is 0 Å². The van der Waals surface area contributed by atoms with E-state index in [2.05, 4.69) is 15.9 Å². The predicted molar refractivity (Wildman–Crippen MR) is 45.8 cm³/mol. The molecule has 0 aromatic carbocycles. The first-order chi connectivity index (χ1) is 4.31. The van der Waals surface area contributed by atoms with Crippen LogP contribution in [-0.4, -0.2) is 17.2 Å². The van der Waals surface area contributed by atoms with Crippen molar-refractivity contribution in [2.45, 2.75) is 32.2 Å². The third-order valence-electron chi connectivity index (χ3n) is 1.61. The van der Waals surface area contributed by atoms with Crippen LogP contribution in [-0.2, 0) is 4.65 Å². The van der Waals surface area contributed by atoms with Crippen LogP contribution in [0.25, 0.3) is 0 Å². The third kappa shape index (κ3) is 2.60. The van der Waals surface area contributed by atoms with Crippen molar-refractivity contribution < 1.29 is 9.68 Å². The van der Waals surface area contributed by atoms with Crippen LogP contribution in [0.5, 0.6) is 0 Å². The average Bonchev–Trinajstić information content (AvgIpc) is 1.61. The highest BCUT2D eigenvalue weighted by molar-refractivity contribution is 9.10. The molecule has 0 heterocycles. The van der Waals surface area contributed by atoms with Crippen LogP contribution in [0.15, 0.2) is 0 Å². The molecule has 0 amide bonds. The molecular weight excluding hydrogens is 195 g/mol. The first-order valence-electron chi connectivity index (χ1n) is 3.14. The minimum Gasteiger partial charge on any atom is -0.429 e. The Labute approximate surface area is 71.4 Å². The van der Waals surface area contributed by atoms with Crippen LogP contribution >= 0.6 is 15.9 Å². The van der Waals surface area contributed by atoms with Crippen LogP contribution in [0.1, 0.15) is 27.7 Å². The van der Waals surface area contributed by atoms with Gasteiger partial charge in [0.2, 0.25) is 0 Å². The standard InChI is InChI=1S/C6H13BBrO2/c1-5(2,3)6(4,8)10-7-9/h9H,1-4H3. The van der Waals surface area contributed by atoms with Crippen molar-refractivity contribution in [3.63, 3.8) is 0 Å². The van der Waals surface area contributed by atoms with E-state index >= 15 is 0 Å². The number of alkyl halides is 1. The molecule has 0 aliphatic rings. The van der Waals surface area contributed by atoms with Gasteiger partial charge >= 0.3 is 7.69 Å². The molecule has 0 aromatic heterocycles. The van der Waals surface area contributed by atoms with Crippen molar-refractivity contribution in [2.24, 2.45) is 5.41 Å². The number of hydrogen-bond donors (Lipinski definition) is 1. The molecule has 0 bridgehead atoms. The molecule has 4 heteroatoms. The van der Waals surface area contributed by atoms with Crippen LogP contribution in [0.4, 0.5) is 0 Å². The summed E-state index contributed by atoms with van der Waals surface area (Å²) < 4.78 is 4.44. The summed E-state index contributed by atoms with van der Waals surface area (Å²) in [7, 11) is 0.708. The summed E-state index contributed by atoms with van der Waals surface area (Å²) in [6.07, 6.45) is 0. The lowest BCUT2D eigenvalue weighted by molar-refractivity contribution is 0.0661. The van der Waals surface area contributed by atoms with Crippen LogP contribution < -0.4 is 0 Å². The second kappa shape index (κ2) is 3.24. The topological polar surface area (TPSA) is 29.5 Å². The zero-order valence-corrected chi connectivity index (χ0v) is 8.40. The Morgan fingerprint density at radius 2 is 1.70 bits per heavy atom. The third-order valence-corrected chi connectivity index (χ3v) is 2.99. The first-order valence-corrected chi connectivity index (χ1v) is 3.93. The zero-order valence-electron chi connectivity index (χ0n) is 6.81. The van der Waals surface area contributed by atoms with E-state index in [1.807, 2.05) is 27.7 Å². The maximum absolute atomic E-state index is 8.39. The second-order valence-electron chi connectivity index (χ2n) is 3.39. The molecule has 1 unspecified atom stereocenters. The summed E-state index contributed by atoms with van der Waals surface area (Å²) in [5.74, 6) is 0. The van der Waals surface area contributed by atoms with Gasteiger partial charge < -0.3 is 9.68 Å². The SMILES string of the molecule is CC(C)(C)C(C)(Br)O[B]O. The Morgan fingerprint density at radius 3 is 1.80 bits per heavy atom. The lowest BCUT2D eigenvalue weighted by atomic mass is 9.89. The fourth-order valence-electron chi connectivity index (χ4n) is 0.276. The molecule has 0 spiro atoms. The summed E-state index contributed by atoms with van der Waals surface area (Å²) in [6, 6.07) is 0. The smallest absolute Gasteiger partial charge is 0.429 e. The van der Waals surface area contributed by atoms with Crippen LogP contribution in [0, 0.1) is 5.41 Å². The molecule has 0 aromatic rings. The molecule has 0 rings (SSSR count). The van der Waals surface area contributed by atoms with E-state index in [9.17, 15) is 0 Å². The van der Waals surface area contributed by atoms with E-state index in [0.29, 0.717) is 7.69 Å². The second-order valence-corrected chi connectivity index (χ2v) is 4.90. The molecule has 0 saturated carbocycles. The van der Waals surface area contributed by atoms with Crippen LogP contribution in [0.3, 0.4) is 0 Å². The molecular formula is C6H13BBrO2. The molecule has 0 saturated heterocycles. The van der Waals surface area contributed by atoms with Gasteiger partial charge in [-0.25, -0.2) is 0 Å². The van der Waals surface area contributed by atoms with Gasteiger partial charge in [-0.3, -0.25) is 0 Å². The molecule has 0 aliphatic carbocycles. The number of rotatable bonds is 2. The Bertz CT molecular complexity index is 109. The Balaban J connectivity index is 4.10. The highest BCUT2D eigenvalue weighted by atomic mass is 79.9. The van der Waals surface area contributed by atoms with Gasteiger partial charge in [-0.15, -0.1) is 0 Å². The van der Waals surface area contributed by atoms with E-state index in [-0.39, 0.29) is 5.41 Å². The molecule has 59 valence electrons. The van der Waals surface area contributed by atoms with Gasteiger partial charge in [0.05, 0.1) is 0 Å². The molecule has 2 nitrogen and oxygen atoms in total. The maximum atomic E-state index is 8.39. The zero-order chi connectivity index (χ0) is 8.41. The number of hydrogen-bond acceptors (Lipinski definition) is 2. The quantitative estimate of drug-likeness (QED) is 0.552. The molecule has 0 aliphatic heterocycles. The number of halogens is 1. The molecule has 1 radical (unpaired) electrons. The van der Waals surface area contributed by atoms with Crippen LogP contribution in [0.2, 0.25) is 0 Å². The highest BCUT2D eigenvalue weighted by Gasteiger charge is 2.35. The van der Waals surface area contributed by atoms with Crippen molar-refractivity contribution in [3.8, 4) is 0 Å². The fraction of sp³-hybridized carbons (Fsp3) is 1.00. The Morgan fingerprint density at radius 1 is 1.30 bits per heavy atom. The lowest BCUT2D eigenvalue weighted by Crippen LogP contribution is -2.37. The van der Waals surface area contributed by atoms with E-state index in [0.717, 1.165) is 0 Å². The van der Waals surface area contributed by atoms with Gasteiger partial charge in [0.15, 0.2) is 0 Å². The monoisotopic (exact) mass is 207 g/mol. The van der Waals surface area contributed by atoms with E-state index in [1.165, 1.54) is 0 Å². The minimum atomic E-state index is -0.505. The van der Waals surface area contributed by atoms with Gasteiger partial charge in [0.25, 0.3) is 0 Å². The van der Waals surface area contributed by atoms with Crippen molar-refractivity contribution >= 4 is 23.6 Å². The average molecular weight is 208 g/mol. The van der Waals surface area contributed by atoms with E-state index < -0.39 is 4.51 Å². The Hall–Kier alpha value is 0.465. The van der Waals surface area contributed by atoms with Gasteiger partial charge in [-0.2, -0.15) is 0 Å². The fourth-order valence-corrected chi connectivity index (χ4v) is 0.359. The minimum absolute atomic E-state index is 0.0494. The molecule has 1 N–H and O–H groups in total. The van der Waals surface area contributed by atoms with Gasteiger partial charge in [0.1, 0.15) is 4.51 Å². The first kappa shape index (κ1) is 10.5. The predicted octanol–water partition coefficient (Wildman–Crippen LogP) is 1.69. The summed E-state index contributed by atoms with van der Waals surface area (Å²) in [6.45, 7) is 7.92. The highest BCUT2D eigenvalue weighted by Crippen LogP contribution is 2.38. The molecule has 1 atom stereocenters. The van der Waals surface area contributed by atoms with Gasteiger partial charge in [0, 0.05) is 0 Å². The molecule has 10 heavy (non-hydrogen) atoms. The van der Waals surface area contributed by atoms with Gasteiger partial charge in [-0.1, -0.05) is 36.7 Å². The molecule has 0 fully saturated rings. The lowest BCUT2D eigenvalue weighted by Gasteiger charge is -2.36. The summed E-state index contributed by atoms with van der Waals surface area (Å²) in [4.78, 5) is 0. The van der Waals surface area contributed by atoms with Crippen molar-refractivity contribution in [2.75, 3.05) is 0 Å². The normalized spacial score (nSPS) is 18.2. The maximum Gasteiger partial charge on any atom is 0.486 e. The van der Waals surface area contributed by atoms with Gasteiger partial charge in [-0.05, 0) is 12.3 Å². The van der Waals surface area contributed by atoms with Crippen molar-refractivity contribution in [1.29, 1.82) is 0 Å². The summed E-state index contributed by atoms with van der Waals surface area (Å²) in [5.41, 5.74) is -0.0494. The summed E-state index contributed by atoms with van der Waals surface area (Å²) >= 11 is 3.35. The Kier molecular flexibility index (Phi) is 3.39. The van der Waals surface area contributed by atoms with Crippen molar-refractivity contribution in [1.82, 2.24) is 0 Å². The van der Waals surface area contributed by atoms with E-state index in [4.69, 9.17) is 9.68 Å². The summed E-state index contributed by atoms with van der Waals surface area (Å²) in [5, 5.41) is 8.39. The largest absolute Gasteiger partial charge is 0.486 e. The van der Waals surface area contributed by atoms with Crippen molar-refractivity contribution in [3.05, 3.63) is 0 Å².